The minimum absolute atomic E-state index is 0.0770. The number of H-pyrrole nitrogens is 1. The van der Waals surface area contributed by atoms with Gasteiger partial charge in [-0.05, 0) is 18.6 Å². The van der Waals surface area contributed by atoms with Gasteiger partial charge in [0.1, 0.15) is 11.8 Å². The van der Waals surface area contributed by atoms with E-state index >= 15 is 0 Å². The third kappa shape index (κ3) is 3.27. The van der Waals surface area contributed by atoms with E-state index in [-0.39, 0.29) is 17.6 Å². The normalized spacial score (nSPS) is 19.7. The van der Waals surface area contributed by atoms with Crippen LogP contribution in [0.15, 0.2) is 58.8 Å². The highest BCUT2D eigenvalue weighted by molar-refractivity contribution is 5.94. The number of aromatic hydroxyl groups is 1. The van der Waals surface area contributed by atoms with E-state index in [0.29, 0.717) is 11.8 Å². The van der Waals surface area contributed by atoms with Gasteiger partial charge in [0.25, 0.3) is 5.91 Å². The van der Waals surface area contributed by atoms with Crippen LogP contribution in [0.5, 0.6) is 11.6 Å². The largest absolute Gasteiger partial charge is 0.496 e. The molecule has 138 valence electrons. The number of azo groups is 1. The number of carbonyl (C=O) groups excluding carboxylic acids is 1. The zero-order chi connectivity index (χ0) is 18.8. The number of hydrogen-bond acceptors (Lipinski definition) is 6. The summed E-state index contributed by atoms with van der Waals surface area (Å²) < 4.78 is 5.38. The van der Waals surface area contributed by atoms with Gasteiger partial charge in [0.2, 0.25) is 5.88 Å². The summed E-state index contributed by atoms with van der Waals surface area (Å²) in [5.74, 6) is 0.233. The number of hydrogen-bond donors (Lipinski definition) is 4. The molecule has 0 spiro atoms. The SMILES string of the molecule is COc1ccccc1C1CC(C(=O)N=Nc2c(O)[nH]c3ccccc23)NN1. The third-order valence-electron chi connectivity index (χ3n) is 4.62. The van der Waals surface area contributed by atoms with Gasteiger partial charge < -0.3 is 14.8 Å². The Balaban J connectivity index is 1.49. The van der Waals surface area contributed by atoms with E-state index in [2.05, 4.69) is 26.1 Å². The first kappa shape index (κ1) is 17.2. The summed E-state index contributed by atoms with van der Waals surface area (Å²) in [6.07, 6.45) is 0.512. The van der Waals surface area contributed by atoms with Crippen LogP contribution in [0.25, 0.3) is 10.9 Å². The van der Waals surface area contributed by atoms with Crippen LogP contribution in [0.1, 0.15) is 18.0 Å². The van der Waals surface area contributed by atoms with E-state index in [1.54, 1.807) is 13.2 Å². The molecule has 1 fully saturated rings. The maximum Gasteiger partial charge on any atom is 0.282 e. The number of aromatic nitrogens is 1. The van der Waals surface area contributed by atoms with E-state index in [9.17, 15) is 9.90 Å². The first-order valence-electron chi connectivity index (χ1n) is 8.56. The Morgan fingerprint density at radius 2 is 1.93 bits per heavy atom. The summed E-state index contributed by atoms with van der Waals surface area (Å²) in [5.41, 5.74) is 8.02. The number of hydrazine groups is 1. The van der Waals surface area contributed by atoms with E-state index in [1.807, 2.05) is 42.5 Å². The molecule has 1 aromatic heterocycles. The highest BCUT2D eigenvalue weighted by Crippen LogP contribution is 2.35. The molecule has 0 bridgehead atoms. The molecule has 1 saturated heterocycles. The Morgan fingerprint density at radius 1 is 1.15 bits per heavy atom. The molecule has 1 aliphatic rings. The molecule has 1 aliphatic heterocycles. The van der Waals surface area contributed by atoms with Crippen molar-refractivity contribution >= 4 is 22.5 Å². The molecule has 0 radical (unpaired) electrons. The fourth-order valence-corrected chi connectivity index (χ4v) is 3.26. The predicted octanol–water partition coefficient (Wildman–Crippen LogP) is 3.10. The van der Waals surface area contributed by atoms with Gasteiger partial charge in [-0.2, -0.15) is 0 Å². The number of fused-ring (bicyclic) bond motifs is 1. The van der Waals surface area contributed by atoms with Gasteiger partial charge in [-0.3, -0.25) is 4.79 Å². The zero-order valence-electron chi connectivity index (χ0n) is 14.6. The maximum atomic E-state index is 12.4. The first-order valence-corrected chi connectivity index (χ1v) is 8.56. The topological polar surface area (TPSA) is 111 Å². The van der Waals surface area contributed by atoms with E-state index in [0.717, 1.165) is 16.8 Å². The second-order valence-corrected chi connectivity index (χ2v) is 6.28. The molecule has 4 rings (SSSR count). The lowest BCUT2D eigenvalue weighted by Gasteiger charge is -2.13. The van der Waals surface area contributed by atoms with Crippen LogP contribution in [0.2, 0.25) is 0 Å². The summed E-state index contributed by atoms with van der Waals surface area (Å²) >= 11 is 0. The molecule has 27 heavy (non-hydrogen) atoms. The number of aromatic amines is 1. The fraction of sp³-hybridized carbons (Fsp3) is 0.211. The number of benzene rings is 2. The summed E-state index contributed by atoms with van der Waals surface area (Å²) in [4.78, 5) is 15.2. The molecule has 2 heterocycles. The summed E-state index contributed by atoms with van der Waals surface area (Å²) in [5, 5.41) is 18.5. The Hall–Kier alpha value is -3.23. The predicted molar refractivity (Wildman–Crippen MR) is 99.9 cm³/mol. The van der Waals surface area contributed by atoms with Crippen LogP contribution in [0, 0.1) is 0 Å². The number of nitrogens with zero attached hydrogens (tertiary/aromatic N) is 2. The van der Waals surface area contributed by atoms with Crippen LogP contribution in [0.4, 0.5) is 5.69 Å². The third-order valence-corrected chi connectivity index (χ3v) is 4.62. The molecule has 0 aliphatic carbocycles. The summed E-state index contributed by atoms with van der Waals surface area (Å²) in [6, 6.07) is 14.4. The number of amides is 1. The number of methoxy groups -OCH3 is 1. The molecule has 8 heteroatoms. The van der Waals surface area contributed by atoms with Crippen LogP contribution in [-0.2, 0) is 4.79 Å². The highest BCUT2D eigenvalue weighted by atomic mass is 16.5. The van der Waals surface area contributed by atoms with Crippen molar-refractivity contribution < 1.29 is 14.6 Å². The van der Waals surface area contributed by atoms with Gasteiger partial charge in [-0.1, -0.05) is 36.4 Å². The standard InChI is InChI=1S/C19H19N5O3/c1-27-16-9-5-3-6-11(16)14-10-15(22-21-14)18(25)24-23-17-12-7-2-4-8-13(12)20-19(17)26/h2-9,14-15,20-22,26H,10H2,1H3. The van der Waals surface area contributed by atoms with Gasteiger partial charge in [0.15, 0.2) is 5.69 Å². The summed E-state index contributed by atoms with van der Waals surface area (Å²) in [6.45, 7) is 0. The lowest BCUT2D eigenvalue weighted by atomic mass is 10.0. The average Bonchev–Trinajstić information content (AvgIpc) is 3.30. The quantitative estimate of drug-likeness (QED) is 0.531. The molecular weight excluding hydrogens is 346 g/mol. The lowest BCUT2D eigenvalue weighted by Crippen LogP contribution is -2.35. The van der Waals surface area contributed by atoms with Crippen molar-refractivity contribution in [3.63, 3.8) is 0 Å². The minimum atomic E-state index is -0.518. The van der Waals surface area contributed by atoms with Crippen molar-refractivity contribution in [1.82, 2.24) is 15.8 Å². The van der Waals surface area contributed by atoms with Gasteiger partial charge in [0, 0.05) is 10.9 Å². The summed E-state index contributed by atoms with van der Waals surface area (Å²) in [7, 11) is 1.62. The second kappa shape index (κ2) is 7.18. The van der Waals surface area contributed by atoms with Crippen LogP contribution < -0.4 is 15.6 Å². The Morgan fingerprint density at radius 3 is 2.78 bits per heavy atom. The molecule has 2 aromatic carbocycles. The van der Waals surface area contributed by atoms with Gasteiger partial charge in [0.05, 0.1) is 18.7 Å². The molecule has 4 N–H and O–H groups in total. The number of nitrogens with one attached hydrogen (secondary N) is 3. The van der Waals surface area contributed by atoms with Gasteiger partial charge in [-0.15, -0.1) is 10.2 Å². The molecular formula is C19H19N5O3. The molecule has 0 saturated carbocycles. The Bertz CT molecular complexity index is 1010. The van der Waals surface area contributed by atoms with Crippen molar-refractivity contribution in [2.75, 3.05) is 7.11 Å². The van der Waals surface area contributed by atoms with Gasteiger partial charge in [-0.25, -0.2) is 10.9 Å². The molecule has 1 amide bonds. The number of carbonyl (C=O) groups is 1. The first-order chi connectivity index (χ1) is 13.2. The molecule has 8 nitrogen and oxygen atoms in total. The number of para-hydroxylation sites is 2. The zero-order valence-corrected chi connectivity index (χ0v) is 14.6. The van der Waals surface area contributed by atoms with Crippen molar-refractivity contribution in [1.29, 1.82) is 0 Å². The average molecular weight is 365 g/mol. The van der Waals surface area contributed by atoms with Crippen LogP contribution >= 0.6 is 0 Å². The second-order valence-electron chi connectivity index (χ2n) is 6.28. The molecule has 3 aromatic rings. The van der Waals surface area contributed by atoms with Crippen LogP contribution in [0.3, 0.4) is 0 Å². The van der Waals surface area contributed by atoms with E-state index < -0.39 is 11.9 Å². The monoisotopic (exact) mass is 365 g/mol. The van der Waals surface area contributed by atoms with Gasteiger partial charge >= 0.3 is 0 Å². The van der Waals surface area contributed by atoms with Crippen molar-refractivity contribution in [3.8, 4) is 11.6 Å². The number of rotatable bonds is 4. The van der Waals surface area contributed by atoms with Crippen molar-refractivity contribution in [2.45, 2.75) is 18.5 Å². The Kier molecular flexibility index (Phi) is 4.57. The van der Waals surface area contributed by atoms with E-state index in [4.69, 9.17) is 4.74 Å². The Labute approximate surface area is 155 Å². The van der Waals surface area contributed by atoms with Crippen molar-refractivity contribution in [3.05, 3.63) is 54.1 Å². The fourth-order valence-electron chi connectivity index (χ4n) is 3.26. The molecule has 2 atom stereocenters. The smallest absolute Gasteiger partial charge is 0.282 e. The maximum absolute atomic E-state index is 12.4. The highest BCUT2D eigenvalue weighted by Gasteiger charge is 2.31. The number of ether oxygens (including phenoxy) is 1. The lowest BCUT2D eigenvalue weighted by molar-refractivity contribution is -0.120. The van der Waals surface area contributed by atoms with E-state index in [1.165, 1.54) is 0 Å². The molecule has 2 unspecified atom stereocenters. The van der Waals surface area contributed by atoms with Crippen LogP contribution in [-0.4, -0.2) is 29.1 Å². The minimum Gasteiger partial charge on any atom is -0.496 e. The van der Waals surface area contributed by atoms with Crippen molar-refractivity contribution in [2.24, 2.45) is 10.2 Å².